The number of aromatic nitrogens is 3. The minimum atomic E-state index is -0.190. The number of nitrogens with two attached hydrogens (primary N) is 1. The zero-order valence-electron chi connectivity index (χ0n) is 10.8. The van der Waals surface area contributed by atoms with Gasteiger partial charge in [0.1, 0.15) is 5.75 Å². The molecule has 0 spiro atoms. The lowest BCUT2D eigenvalue weighted by Crippen LogP contribution is -2.16. The highest BCUT2D eigenvalue weighted by Crippen LogP contribution is 2.28. The molecule has 6 nitrogen and oxygen atoms in total. The van der Waals surface area contributed by atoms with Crippen molar-refractivity contribution in [1.29, 1.82) is 0 Å². The van der Waals surface area contributed by atoms with Gasteiger partial charge in [0.15, 0.2) is 5.16 Å². The standard InChI is InChI=1S/C12H16N4O2S/c1-3-16-11(17)14-15-12(16)19-7-8-6-9(13)4-5-10(8)18-2/h4-6H,3,7,13H2,1-2H3,(H,14,17). The number of thioether (sulfide) groups is 1. The van der Waals surface area contributed by atoms with Crippen molar-refractivity contribution < 1.29 is 4.74 Å². The van der Waals surface area contributed by atoms with Crippen molar-refractivity contribution in [2.24, 2.45) is 0 Å². The Morgan fingerprint density at radius 1 is 1.53 bits per heavy atom. The van der Waals surface area contributed by atoms with E-state index in [0.29, 0.717) is 23.1 Å². The molecule has 102 valence electrons. The highest BCUT2D eigenvalue weighted by molar-refractivity contribution is 7.98. The van der Waals surface area contributed by atoms with Crippen LogP contribution < -0.4 is 16.2 Å². The van der Waals surface area contributed by atoms with Gasteiger partial charge >= 0.3 is 5.69 Å². The zero-order valence-corrected chi connectivity index (χ0v) is 11.7. The molecule has 0 atom stereocenters. The van der Waals surface area contributed by atoms with Gasteiger partial charge in [0.05, 0.1) is 7.11 Å². The summed E-state index contributed by atoms with van der Waals surface area (Å²) in [6.07, 6.45) is 0. The van der Waals surface area contributed by atoms with Crippen LogP contribution in [0.15, 0.2) is 28.2 Å². The number of aromatic amines is 1. The van der Waals surface area contributed by atoms with Gasteiger partial charge in [-0.15, -0.1) is 5.10 Å². The Morgan fingerprint density at radius 3 is 3.00 bits per heavy atom. The average Bonchev–Trinajstić information content (AvgIpc) is 2.77. The molecule has 2 aromatic rings. The number of hydrogen-bond acceptors (Lipinski definition) is 5. The summed E-state index contributed by atoms with van der Waals surface area (Å²) in [6.45, 7) is 2.49. The molecule has 0 saturated heterocycles. The van der Waals surface area contributed by atoms with Gasteiger partial charge in [0.2, 0.25) is 0 Å². The van der Waals surface area contributed by atoms with Crippen LogP contribution in [0.4, 0.5) is 5.69 Å². The van der Waals surface area contributed by atoms with Crippen LogP contribution in [-0.4, -0.2) is 21.9 Å². The molecule has 7 heteroatoms. The molecule has 3 N–H and O–H groups in total. The predicted molar refractivity (Wildman–Crippen MR) is 75.5 cm³/mol. The summed E-state index contributed by atoms with van der Waals surface area (Å²) in [7, 11) is 1.62. The fraction of sp³-hybridized carbons (Fsp3) is 0.333. The Balaban J connectivity index is 2.18. The van der Waals surface area contributed by atoms with Gasteiger partial charge in [-0.25, -0.2) is 9.89 Å². The third-order valence-electron chi connectivity index (χ3n) is 2.70. The summed E-state index contributed by atoms with van der Waals surface area (Å²) in [4.78, 5) is 11.4. The Labute approximate surface area is 115 Å². The Morgan fingerprint density at radius 2 is 2.32 bits per heavy atom. The number of hydrogen-bond donors (Lipinski definition) is 2. The van der Waals surface area contributed by atoms with Crippen molar-refractivity contribution in [3.63, 3.8) is 0 Å². The van der Waals surface area contributed by atoms with E-state index in [4.69, 9.17) is 10.5 Å². The van der Waals surface area contributed by atoms with E-state index in [1.807, 2.05) is 19.1 Å². The monoisotopic (exact) mass is 280 g/mol. The lowest BCUT2D eigenvalue weighted by molar-refractivity contribution is 0.411. The second kappa shape index (κ2) is 5.83. The Bertz CT molecular complexity index is 620. The summed E-state index contributed by atoms with van der Waals surface area (Å²) in [5.74, 6) is 1.42. The van der Waals surface area contributed by atoms with E-state index in [9.17, 15) is 4.79 Å². The molecule has 0 radical (unpaired) electrons. The molecule has 0 aliphatic carbocycles. The largest absolute Gasteiger partial charge is 0.496 e. The Hall–Kier alpha value is -1.89. The molecule has 0 aliphatic heterocycles. The molecule has 0 aliphatic rings. The van der Waals surface area contributed by atoms with E-state index in [1.165, 1.54) is 11.8 Å². The normalized spacial score (nSPS) is 10.6. The van der Waals surface area contributed by atoms with E-state index in [-0.39, 0.29) is 5.69 Å². The predicted octanol–water partition coefficient (Wildman–Crippen LogP) is 1.47. The zero-order chi connectivity index (χ0) is 13.8. The molecular weight excluding hydrogens is 264 g/mol. The van der Waals surface area contributed by atoms with Crippen LogP contribution in [0.3, 0.4) is 0 Å². The molecule has 19 heavy (non-hydrogen) atoms. The molecule has 2 rings (SSSR count). The smallest absolute Gasteiger partial charge is 0.343 e. The summed E-state index contributed by atoms with van der Waals surface area (Å²) < 4.78 is 6.87. The van der Waals surface area contributed by atoms with Crippen LogP contribution in [-0.2, 0) is 12.3 Å². The first kappa shape index (κ1) is 13.5. The minimum absolute atomic E-state index is 0.190. The number of anilines is 1. The van der Waals surface area contributed by atoms with Gasteiger partial charge in [0, 0.05) is 23.5 Å². The fourth-order valence-corrected chi connectivity index (χ4v) is 2.73. The number of nitrogen functional groups attached to an aromatic ring is 1. The number of H-pyrrole nitrogens is 1. The lowest BCUT2D eigenvalue weighted by atomic mass is 10.2. The summed E-state index contributed by atoms with van der Waals surface area (Å²) in [5.41, 5.74) is 7.24. The second-order valence-electron chi connectivity index (χ2n) is 3.92. The van der Waals surface area contributed by atoms with Gasteiger partial charge in [-0.05, 0) is 25.1 Å². The molecule has 1 aromatic heterocycles. The van der Waals surface area contributed by atoms with Crippen molar-refractivity contribution in [3.05, 3.63) is 34.2 Å². The number of nitrogens with one attached hydrogen (secondary N) is 1. The van der Waals surface area contributed by atoms with Crippen LogP contribution >= 0.6 is 11.8 Å². The second-order valence-corrected chi connectivity index (χ2v) is 4.86. The third kappa shape index (κ3) is 2.93. The summed E-state index contributed by atoms with van der Waals surface area (Å²) in [6, 6.07) is 5.50. The van der Waals surface area contributed by atoms with Gasteiger partial charge in [-0.3, -0.25) is 4.57 Å². The van der Waals surface area contributed by atoms with Crippen molar-refractivity contribution in [2.45, 2.75) is 24.4 Å². The number of nitrogens with zero attached hydrogens (tertiary/aromatic N) is 2. The van der Waals surface area contributed by atoms with Gasteiger partial charge in [-0.2, -0.15) is 0 Å². The quantitative estimate of drug-likeness (QED) is 0.640. The van der Waals surface area contributed by atoms with Crippen LogP contribution in [0.1, 0.15) is 12.5 Å². The van der Waals surface area contributed by atoms with Gasteiger partial charge < -0.3 is 10.5 Å². The van der Waals surface area contributed by atoms with Crippen LogP contribution in [0.2, 0.25) is 0 Å². The van der Waals surface area contributed by atoms with Gasteiger partial charge in [0.25, 0.3) is 0 Å². The van der Waals surface area contributed by atoms with Crippen LogP contribution in [0, 0.1) is 0 Å². The minimum Gasteiger partial charge on any atom is -0.496 e. The van der Waals surface area contributed by atoms with E-state index in [0.717, 1.165) is 11.3 Å². The summed E-state index contributed by atoms with van der Waals surface area (Å²) >= 11 is 1.47. The van der Waals surface area contributed by atoms with Crippen molar-refractivity contribution >= 4 is 17.4 Å². The van der Waals surface area contributed by atoms with Crippen molar-refractivity contribution in [2.75, 3.05) is 12.8 Å². The SMILES string of the molecule is CCn1c(SCc2cc(N)ccc2OC)n[nH]c1=O. The highest BCUT2D eigenvalue weighted by atomic mass is 32.2. The van der Waals surface area contributed by atoms with E-state index < -0.39 is 0 Å². The van der Waals surface area contributed by atoms with Crippen LogP contribution in [0.5, 0.6) is 5.75 Å². The molecule has 0 fully saturated rings. The molecular formula is C12H16N4O2S. The molecule has 1 aromatic carbocycles. The highest BCUT2D eigenvalue weighted by Gasteiger charge is 2.10. The van der Waals surface area contributed by atoms with Crippen molar-refractivity contribution in [1.82, 2.24) is 14.8 Å². The molecule has 0 bridgehead atoms. The Kier molecular flexibility index (Phi) is 4.16. The average molecular weight is 280 g/mol. The maximum Gasteiger partial charge on any atom is 0.343 e. The number of ether oxygens (including phenoxy) is 1. The molecule has 1 heterocycles. The van der Waals surface area contributed by atoms with Crippen molar-refractivity contribution in [3.8, 4) is 5.75 Å². The number of benzene rings is 1. The van der Waals surface area contributed by atoms with E-state index >= 15 is 0 Å². The van der Waals surface area contributed by atoms with E-state index in [1.54, 1.807) is 17.7 Å². The summed E-state index contributed by atoms with van der Waals surface area (Å²) in [5, 5.41) is 7.10. The molecule has 0 saturated carbocycles. The third-order valence-corrected chi connectivity index (χ3v) is 3.73. The molecule has 0 unspecified atom stereocenters. The van der Waals surface area contributed by atoms with E-state index in [2.05, 4.69) is 10.2 Å². The van der Waals surface area contributed by atoms with Crippen LogP contribution in [0.25, 0.3) is 0 Å². The molecule has 0 amide bonds. The maximum absolute atomic E-state index is 11.4. The lowest BCUT2D eigenvalue weighted by Gasteiger charge is -2.09. The number of rotatable bonds is 5. The number of methoxy groups -OCH3 is 1. The van der Waals surface area contributed by atoms with Gasteiger partial charge in [-0.1, -0.05) is 11.8 Å². The maximum atomic E-state index is 11.4. The first-order valence-electron chi connectivity index (χ1n) is 5.86. The first-order valence-corrected chi connectivity index (χ1v) is 6.84. The fourth-order valence-electron chi connectivity index (χ4n) is 1.75. The topological polar surface area (TPSA) is 85.9 Å². The first-order chi connectivity index (χ1) is 9.15.